The Morgan fingerprint density at radius 3 is 2.81 bits per heavy atom. The van der Waals surface area contributed by atoms with Gasteiger partial charge in [0.15, 0.2) is 5.82 Å². The van der Waals surface area contributed by atoms with E-state index in [1.807, 2.05) is 6.92 Å². The lowest BCUT2D eigenvalue weighted by Gasteiger charge is -2.01. The van der Waals surface area contributed by atoms with Gasteiger partial charge in [-0.05, 0) is 13.8 Å². The molecular weight excluding hydrogens is 210 g/mol. The van der Waals surface area contributed by atoms with Gasteiger partial charge in [0.2, 0.25) is 5.91 Å². The van der Waals surface area contributed by atoms with Crippen LogP contribution in [0.25, 0.3) is 0 Å². The average Bonchev–Trinajstić information content (AvgIpc) is 2.61. The second-order valence-corrected chi connectivity index (χ2v) is 3.29. The van der Waals surface area contributed by atoms with Crippen molar-refractivity contribution >= 4 is 17.7 Å². The number of carbonyl (C=O) groups excluding carboxylic acids is 2. The highest BCUT2D eigenvalue weighted by atomic mass is 16.5. The minimum Gasteiger partial charge on any atom is -0.466 e. The third-order valence-corrected chi connectivity index (χ3v) is 1.83. The second-order valence-electron chi connectivity index (χ2n) is 3.29. The van der Waals surface area contributed by atoms with E-state index in [0.717, 1.165) is 5.69 Å². The van der Waals surface area contributed by atoms with Crippen molar-refractivity contribution in [3.05, 3.63) is 11.8 Å². The van der Waals surface area contributed by atoms with Gasteiger partial charge in [-0.3, -0.25) is 14.7 Å². The van der Waals surface area contributed by atoms with Gasteiger partial charge in [0, 0.05) is 18.2 Å². The summed E-state index contributed by atoms with van der Waals surface area (Å²) in [6.07, 6.45) is 0.188. The molecule has 6 heteroatoms. The first kappa shape index (κ1) is 12.2. The Morgan fingerprint density at radius 1 is 1.50 bits per heavy atom. The summed E-state index contributed by atoms with van der Waals surface area (Å²) in [5.41, 5.74) is 0.862. The number of esters is 1. The predicted molar refractivity (Wildman–Crippen MR) is 57.8 cm³/mol. The first-order valence-corrected chi connectivity index (χ1v) is 5.09. The molecule has 0 saturated heterocycles. The maximum absolute atomic E-state index is 11.4. The number of aromatic amines is 1. The van der Waals surface area contributed by atoms with Crippen LogP contribution >= 0.6 is 0 Å². The van der Waals surface area contributed by atoms with E-state index in [0.29, 0.717) is 12.4 Å². The fourth-order valence-corrected chi connectivity index (χ4v) is 1.14. The maximum atomic E-state index is 11.4. The van der Waals surface area contributed by atoms with Crippen molar-refractivity contribution in [1.82, 2.24) is 10.2 Å². The van der Waals surface area contributed by atoms with Crippen molar-refractivity contribution in [3.63, 3.8) is 0 Å². The highest BCUT2D eigenvalue weighted by molar-refractivity contribution is 5.91. The van der Waals surface area contributed by atoms with Crippen molar-refractivity contribution < 1.29 is 14.3 Å². The van der Waals surface area contributed by atoms with Gasteiger partial charge in [0.05, 0.1) is 13.0 Å². The topological polar surface area (TPSA) is 84.1 Å². The number of amides is 1. The van der Waals surface area contributed by atoms with Crippen LogP contribution in [0, 0.1) is 6.92 Å². The van der Waals surface area contributed by atoms with E-state index in [1.54, 1.807) is 13.0 Å². The number of carbonyl (C=O) groups is 2. The molecule has 0 atom stereocenters. The molecule has 0 unspecified atom stereocenters. The fraction of sp³-hybridized carbons (Fsp3) is 0.500. The van der Waals surface area contributed by atoms with Crippen molar-refractivity contribution in [2.45, 2.75) is 26.7 Å². The molecular formula is C10H15N3O3. The lowest BCUT2D eigenvalue weighted by atomic mass is 10.3. The van der Waals surface area contributed by atoms with Crippen LogP contribution in [0.2, 0.25) is 0 Å². The lowest BCUT2D eigenvalue weighted by molar-refractivity contribution is -0.144. The molecule has 0 aromatic carbocycles. The number of hydrogen-bond acceptors (Lipinski definition) is 4. The predicted octanol–water partition coefficient (Wildman–Crippen LogP) is 1.000. The van der Waals surface area contributed by atoms with Crippen LogP contribution in [0.3, 0.4) is 0 Å². The summed E-state index contributed by atoms with van der Waals surface area (Å²) in [4.78, 5) is 22.3. The summed E-state index contributed by atoms with van der Waals surface area (Å²) in [6.45, 7) is 3.89. The molecule has 88 valence electrons. The standard InChI is InChI=1S/C10H15N3O3/c1-3-16-10(15)5-4-9(14)11-8-6-7(2)12-13-8/h6H,3-5H2,1-2H3,(H2,11,12,13,14). The SMILES string of the molecule is CCOC(=O)CCC(=O)Nc1cc(C)[nH]n1. The van der Waals surface area contributed by atoms with E-state index in [1.165, 1.54) is 0 Å². The number of hydrogen-bond donors (Lipinski definition) is 2. The zero-order chi connectivity index (χ0) is 12.0. The van der Waals surface area contributed by atoms with Gasteiger partial charge in [0.1, 0.15) is 0 Å². The number of H-pyrrole nitrogens is 1. The zero-order valence-corrected chi connectivity index (χ0v) is 9.37. The Balaban J connectivity index is 2.28. The number of ether oxygens (including phenoxy) is 1. The molecule has 2 N–H and O–H groups in total. The van der Waals surface area contributed by atoms with Crippen LogP contribution in [-0.2, 0) is 14.3 Å². The van der Waals surface area contributed by atoms with E-state index in [9.17, 15) is 9.59 Å². The van der Waals surface area contributed by atoms with Crippen LogP contribution < -0.4 is 5.32 Å². The number of nitrogens with one attached hydrogen (secondary N) is 2. The molecule has 1 aromatic heterocycles. The van der Waals surface area contributed by atoms with Crippen LogP contribution in [-0.4, -0.2) is 28.7 Å². The second kappa shape index (κ2) is 5.89. The summed E-state index contributed by atoms with van der Waals surface area (Å²) >= 11 is 0. The Labute approximate surface area is 93.4 Å². The van der Waals surface area contributed by atoms with Crippen molar-refractivity contribution in [1.29, 1.82) is 0 Å². The number of rotatable bonds is 5. The van der Waals surface area contributed by atoms with Gasteiger partial charge in [-0.15, -0.1) is 0 Å². The van der Waals surface area contributed by atoms with E-state index >= 15 is 0 Å². The molecule has 0 aliphatic rings. The van der Waals surface area contributed by atoms with E-state index in [-0.39, 0.29) is 24.7 Å². The highest BCUT2D eigenvalue weighted by Crippen LogP contribution is 2.05. The van der Waals surface area contributed by atoms with E-state index < -0.39 is 0 Å². The quantitative estimate of drug-likeness (QED) is 0.732. The molecule has 1 aromatic rings. The van der Waals surface area contributed by atoms with E-state index in [2.05, 4.69) is 15.5 Å². The van der Waals surface area contributed by atoms with Crippen molar-refractivity contribution in [2.75, 3.05) is 11.9 Å². The normalized spacial score (nSPS) is 9.88. The highest BCUT2D eigenvalue weighted by Gasteiger charge is 2.08. The molecule has 6 nitrogen and oxygen atoms in total. The summed E-state index contributed by atoms with van der Waals surface area (Å²) < 4.78 is 4.71. The number of aromatic nitrogens is 2. The molecule has 0 fully saturated rings. The first-order valence-electron chi connectivity index (χ1n) is 5.09. The minimum atomic E-state index is -0.365. The molecule has 0 aliphatic heterocycles. The molecule has 0 radical (unpaired) electrons. The molecule has 1 heterocycles. The minimum absolute atomic E-state index is 0.0864. The fourth-order valence-electron chi connectivity index (χ4n) is 1.14. The maximum Gasteiger partial charge on any atom is 0.306 e. The summed E-state index contributed by atoms with van der Waals surface area (Å²) in [5, 5.41) is 9.12. The van der Waals surface area contributed by atoms with Gasteiger partial charge >= 0.3 is 5.97 Å². The van der Waals surface area contributed by atoms with Gasteiger partial charge in [-0.25, -0.2) is 0 Å². The number of anilines is 1. The van der Waals surface area contributed by atoms with Crippen molar-refractivity contribution in [2.24, 2.45) is 0 Å². The monoisotopic (exact) mass is 225 g/mol. The molecule has 1 amide bonds. The van der Waals surface area contributed by atoms with E-state index in [4.69, 9.17) is 4.74 Å². The third kappa shape index (κ3) is 4.12. The van der Waals surface area contributed by atoms with Crippen LogP contribution in [0.5, 0.6) is 0 Å². The Morgan fingerprint density at radius 2 is 2.25 bits per heavy atom. The molecule has 1 rings (SSSR count). The molecule has 0 aliphatic carbocycles. The Hall–Kier alpha value is -1.85. The van der Waals surface area contributed by atoms with Gasteiger partial charge in [0.25, 0.3) is 0 Å². The van der Waals surface area contributed by atoms with Crippen molar-refractivity contribution in [3.8, 4) is 0 Å². The van der Waals surface area contributed by atoms with Gasteiger partial charge in [-0.2, -0.15) is 5.10 Å². The molecule has 16 heavy (non-hydrogen) atoms. The molecule has 0 spiro atoms. The Bertz CT molecular complexity index is 373. The summed E-state index contributed by atoms with van der Waals surface area (Å²) in [5.74, 6) is -0.151. The van der Waals surface area contributed by atoms with Crippen LogP contribution in [0.1, 0.15) is 25.5 Å². The van der Waals surface area contributed by atoms with Crippen LogP contribution in [0.4, 0.5) is 5.82 Å². The van der Waals surface area contributed by atoms with Gasteiger partial charge in [-0.1, -0.05) is 0 Å². The smallest absolute Gasteiger partial charge is 0.306 e. The summed E-state index contributed by atoms with van der Waals surface area (Å²) in [7, 11) is 0. The molecule has 0 saturated carbocycles. The Kier molecular flexibility index (Phi) is 4.50. The lowest BCUT2D eigenvalue weighted by Crippen LogP contribution is -2.14. The van der Waals surface area contributed by atoms with Gasteiger partial charge < -0.3 is 10.1 Å². The third-order valence-electron chi connectivity index (χ3n) is 1.83. The molecule has 0 bridgehead atoms. The zero-order valence-electron chi connectivity index (χ0n) is 9.37. The van der Waals surface area contributed by atoms with Crippen LogP contribution in [0.15, 0.2) is 6.07 Å². The average molecular weight is 225 g/mol. The summed E-state index contributed by atoms with van der Waals surface area (Å²) in [6, 6.07) is 1.71. The number of aryl methyl sites for hydroxylation is 1. The largest absolute Gasteiger partial charge is 0.466 e. The number of nitrogens with zero attached hydrogens (tertiary/aromatic N) is 1. The first-order chi connectivity index (χ1) is 7.61.